The quantitative estimate of drug-likeness (QED) is 0.350. The fraction of sp³-hybridized carbons (Fsp3) is 0.633. The highest BCUT2D eigenvalue weighted by Crippen LogP contribution is 2.78. The van der Waals surface area contributed by atoms with Crippen LogP contribution < -0.4 is 10.6 Å². The Morgan fingerprint density at radius 3 is 2.37 bits per heavy atom. The van der Waals surface area contributed by atoms with Gasteiger partial charge < -0.3 is 9.75 Å². The Morgan fingerprint density at radius 2 is 1.71 bits per heavy atom. The van der Waals surface area contributed by atoms with Crippen molar-refractivity contribution in [2.45, 2.75) is 96.3 Å². The molecule has 2 bridgehead atoms. The van der Waals surface area contributed by atoms with Crippen LogP contribution in [0.2, 0.25) is 0 Å². The van der Waals surface area contributed by atoms with Crippen LogP contribution in [0.3, 0.4) is 0 Å². The van der Waals surface area contributed by atoms with Gasteiger partial charge in [0, 0.05) is 43.3 Å². The number of pyridine rings is 1. The fourth-order valence-corrected chi connectivity index (χ4v) is 7.03. The third-order valence-corrected chi connectivity index (χ3v) is 9.30. The summed E-state index contributed by atoms with van der Waals surface area (Å²) in [5, 5.41) is 2.06. The Morgan fingerprint density at radius 1 is 1.02 bits per heavy atom. The van der Waals surface area contributed by atoms with Gasteiger partial charge in [-0.15, -0.1) is 0 Å². The molecule has 1 aliphatic heterocycles. The number of halogens is 3. The number of alkyl halides is 3. The number of fused-ring (bicyclic) bond motifs is 1. The molecule has 3 saturated carbocycles. The molecule has 0 N–H and O–H groups in total. The SMILES string of the molecule is CCCN(CCC)n1cc([C@H]2CC(c3nc(C45CC(C(F)(F)F)(C4)C5)c4nc(C)c(C)nc4n3)CCO2)ccc1=O. The Balaban J connectivity index is 1.33. The van der Waals surface area contributed by atoms with E-state index in [0.29, 0.717) is 42.1 Å². The van der Waals surface area contributed by atoms with Crippen LogP contribution in [0.5, 0.6) is 0 Å². The predicted molar refractivity (Wildman–Crippen MR) is 149 cm³/mol. The zero-order chi connectivity index (χ0) is 29.2. The van der Waals surface area contributed by atoms with Crippen molar-refractivity contribution in [1.29, 1.82) is 0 Å². The second-order valence-electron chi connectivity index (χ2n) is 12.3. The average Bonchev–Trinajstić information content (AvgIpc) is 2.87. The molecule has 1 unspecified atom stereocenters. The lowest BCUT2D eigenvalue weighted by molar-refractivity contribution is -0.337. The van der Waals surface area contributed by atoms with Gasteiger partial charge in [0.05, 0.1) is 28.6 Å². The van der Waals surface area contributed by atoms with Crippen molar-refractivity contribution in [3.05, 3.63) is 57.2 Å². The molecule has 7 rings (SSSR count). The van der Waals surface area contributed by atoms with Crippen molar-refractivity contribution < 1.29 is 17.9 Å². The fourth-order valence-electron chi connectivity index (χ4n) is 7.03. The van der Waals surface area contributed by atoms with Gasteiger partial charge >= 0.3 is 6.18 Å². The molecule has 41 heavy (non-hydrogen) atoms. The molecule has 4 heterocycles. The molecule has 8 nitrogen and oxygen atoms in total. The van der Waals surface area contributed by atoms with E-state index in [9.17, 15) is 18.0 Å². The molecule has 11 heteroatoms. The van der Waals surface area contributed by atoms with Crippen LogP contribution in [-0.4, -0.2) is 50.5 Å². The number of rotatable bonds is 8. The molecule has 0 aromatic carbocycles. The van der Waals surface area contributed by atoms with Crippen LogP contribution in [0.1, 0.15) is 99.3 Å². The molecule has 0 amide bonds. The van der Waals surface area contributed by atoms with Gasteiger partial charge in [0.1, 0.15) is 11.3 Å². The standard InChI is InChI=1S/C30H37F3N6O2/c1-5-10-38(11-6-2)39-14-21(7-8-23(39)40)22-13-20(9-12-41-22)26-36-25(24-27(37-26)35-19(4)18(3)34-24)28-15-29(16-28,17-28)30(31,32)33/h7-8,14,20,22H,5-6,9-13,15-17H2,1-4H3/t20?,22-,28?,29?/m1/s1. The average molecular weight is 571 g/mol. The molecule has 0 spiro atoms. The Hall–Kier alpha value is -3.08. The predicted octanol–water partition coefficient (Wildman–Crippen LogP) is 5.58. The van der Waals surface area contributed by atoms with Crippen molar-refractivity contribution >= 4 is 11.2 Å². The summed E-state index contributed by atoms with van der Waals surface area (Å²) in [6, 6.07) is 3.41. The maximum absolute atomic E-state index is 13.7. The van der Waals surface area contributed by atoms with Gasteiger partial charge in [0.25, 0.3) is 5.56 Å². The maximum Gasteiger partial charge on any atom is 0.394 e. The van der Waals surface area contributed by atoms with Crippen molar-refractivity contribution in [2.75, 3.05) is 24.7 Å². The zero-order valence-corrected chi connectivity index (χ0v) is 24.1. The van der Waals surface area contributed by atoms with Crippen LogP contribution in [-0.2, 0) is 10.2 Å². The number of aryl methyl sites for hydroxylation is 2. The van der Waals surface area contributed by atoms with Crippen molar-refractivity contribution in [3.8, 4) is 0 Å². The number of ether oxygens (including phenoxy) is 1. The first-order valence-corrected chi connectivity index (χ1v) is 14.7. The molecular formula is C30H37F3N6O2. The van der Waals surface area contributed by atoms with E-state index < -0.39 is 17.0 Å². The summed E-state index contributed by atoms with van der Waals surface area (Å²) >= 11 is 0. The summed E-state index contributed by atoms with van der Waals surface area (Å²) in [4.78, 5) is 31.9. The van der Waals surface area contributed by atoms with E-state index in [2.05, 4.69) is 23.8 Å². The lowest BCUT2D eigenvalue weighted by Crippen LogP contribution is -2.70. The van der Waals surface area contributed by atoms with E-state index in [4.69, 9.17) is 19.7 Å². The van der Waals surface area contributed by atoms with Crippen LogP contribution in [0.4, 0.5) is 13.2 Å². The van der Waals surface area contributed by atoms with Gasteiger partial charge in [-0.25, -0.2) is 24.6 Å². The zero-order valence-electron chi connectivity index (χ0n) is 24.1. The summed E-state index contributed by atoms with van der Waals surface area (Å²) in [5.74, 6) is 0.531. The molecule has 0 radical (unpaired) electrons. The minimum atomic E-state index is -4.20. The first-order valence-electron chi connectivity index (χ1n) is 14.7. The number of nitrogens with zero attached hydrogens (tertiary/aromatic N) is 6. The highest BCUT2D eigenvalue weighted by atomic mass is 19.4. The van der Waals surface area contributed by atoms with Gasteiger partial charge in [-0.2, -0.15) is 13.2 Å². The minimum Gasteiger partial charge on any atom is -0.373 e. The normalized spacial score (nSPS) is 27.4. The monoisotopic (exact) mass is 570 g/mol. The van der Waals surface area contributed by atoms with Crippen molar-refractivity contribution in [1.82, 2.24) is 24.6 Å². The third-order valence-electron chi connectivity index (χ3n) is 9.30. The largest absolute Gasteiger partial charge is 0.394 e. The van der Waals surface area contributed by atoms with Crippen LogP contribution in [0, 0.1) is 19.3 Å². The Bertz CT molecular complexity index is 1510. The van der Waals surface area contributed by atoms with E-state index in [0.717, 1.165) is 42.9 Å². The number of hydrogen-bond acceptors (Lipinski definition) is 7. The summed E-state index contributed by atoms with van der Waals surface area (Å²) in [6.45, 7) is 9.93. The van der Waals surface area contributed by atoms with Gasteiger partial charge in [-0.3, -0.25) is 4.79 Å². The lowest BCUT2D eigenvalue weighted by Gasteiger charge is -2.70. The van der Waals surface area contributed by atoms with E-state index in [1.807, 2.05) is 26.1 Å². The maximum atomic E-state index is 13.7. The van der Waals surface area contributed by atoms with E-state index in [1.54, 1.807) is 10.7 Å². The summed E-state index contributed by atoms with van der Waals surface area (Å²) in [7, 11) is 0. The lowest BCUT2D eigenvalue weighted by atomic mass is 9.34. The Kier molecular flexibility index (Phi) is 6.86. The summed E-state index contributed by atoms with van der Waals surface area (Å²) in [5.41, 5.74) is 1.68. The molecule has 2 atom stereocenters. The summed E-state index contributed by atoms with van der Waals surface area (Å²) in [6.07, 6.45) is 0.703. The first kappa shape index (κ1) is 28.1. The van der Waals surface area contributed by atoms with E-state index in [-0.39, 0.29) is 36.8 Å². The Labute approximate surface area is 237 Å². The molecule has 4 fully saturated rings. The van der Waals surface area contributed by atoms with Crippen molar-refractivity contribution in [2.24, 2.45) is 5.41 Å². The first-order chi connectivity index (χ1) is 19.5. The van der Waals surface area contributed by atoms with Gasteiger partial charge in [0.15, 0.2) is 5.65 Å². The highest BCUT2D eigenvalue weighted by molar-refractivity contribution is 5.75. The van der Waals surface area contributed by atoms with E-state index in [1.165, 1.54) is 0 Å². The van der Waals surface area contributed by atoms with Gasteiger partial charge in [-0.1, -0.05) is 13.8 Å². The molecule has 3 aliphatic carbocycles. The van der Waals surface area contributed by atoms with Crippen LogP contribution >= 0.6 is 0 Å². The second-order valence-corrected chi connectivity index (χ2v) is 12.3. The molecule has 1 saturated heterocycles. The molecular weight excluding hydrogens is 533 g/mol. The minimum absolute atomic E-state index is 0.0492. The third kappa shape index (κ3) is 4.60. The smallest absolute Gasteiger partial charge is 0.373 e. The number of hydrogen-bond donors (Lipinski definition) is 0. The number of aromatic nitrogens is 5. The van der Waals surface area contributed by atoms with Crippen LogP contribution in [0.15, 0.2) is 23.1 Å². The molecule has 3 aromatic heterocycles. The van der Waals surface area contributed by atoms with Gasteiger partial charge in [-0.05, 0) is 70.4 Å². The molecule has 4 aliphatic rings. The van der Waals surface area contributed by atoms with Crippen molar-refractivity contribution in [3.63, 3.8) is 0 Å². The topological polar surface area (TPSA) is 86.0 Å². The molecule has 3 aromatic rings. The highest BCUT2D eigenvalue weighted by Gasteiger charge is 2.79. The van der Waals surface area contributed by atoms with Crippen LogP contribution in [0.25, 0.3) is 11.2 Å². The second kappa shape index (κ2) is 10.0. The summed E-state index contributed by atoms with van der Waals surface area (Å²) < 4.78 is 49.0. The molecule has 220 valence electrons. The van der Waals surface area contributed by atoms with Gasteiger partial charge in [0.2, 0.25) is 0 Å². The van der Waals surface area contributed by atoms with E-state index >= 15 is 0 Å².